The molecule has 0 aliphatic carbocycles. The number of rotatable bonds is 4. The van der Waals surface area contributed by atoms with Crippen LogP contribution in [-0.2, 0) is 0 Å². The summed E-state index contributed by atoms with van der Waals surface area (Å²) in [5.74, 6) is 0. The molecular formula is C12H27Si. The van der Waals surface area contributed by atoms with Gasteiger partial charge in [0.2, 0.25) is 0 Å². The summed E-state index contributed by atoms with van der Waals surface area (Å²) < 4.78 is 0. The highest BCUT2D eigenvalue weighted by Gasteiger charge is 2.34. The van der Waals surface area contributed by atoms with Crippen molar-refractivity contribution in [3.05, 3.63) is 0 Å². The van der Waals surface area contributed by atoms with Crippen LogP contribution in [0.15, 0.2) is 0 Å². The molecule has 1 heteroatoms. The van der Waals surface area contributed by atoms with E-state index in [1.807, 2.05) is 0 Å². The summed E-state index contributed by atoms with van der Waals surface area (Å²) in [5, 5.41) is 0.565. The molecule has 0 fully saturated rings. The number of hydrogen-bond donors (Lipinski definition) is 0. The molecule has 0 spiro atoms. The van der Waals surface area contributed by atoms with Crippen LogP contribution in [0.25, 0.3) is 0 Å². The molecule has 0 nitrogen and oxygen atoms in total. The summed E-state index contributed by atoms with van der Waals surface area (Å²) >= 11 is 0. The standard InChI is InChI=1S/C12H27Si/c1-8-10(3)13(11(4)9-2)12(5,6)7/h10-11H,8-9H2,1-7H3. The van der Waals surface area contributed by atoms with Crippen molar-refractivity contribution >= 4 is 8.80 Å². The van der Waals surface area contributed by atoms with E-state index < -0.39 is 0 Å². The Morgan fingerprint density at radius 3 is 1.38 bits per heavy atom. The van der Waals surface area contributed by atoms with Gasteiger partial charge in [-0.2, -0.15) is 0 Å². The summed E-state index contributed by atoms with van der Waals surface area (Å²) in [6, 6.07) is 0. The van der Waals surface area contributed by atoms with E-state index >= 15 is 0 Å². The largest absolute Gasteiger partial charge is 0.0654 e. The summed E-state index contributed by atoms with van der Waals surface area (Å²) in [5.41, 5.74) is 1.92. The Morgan fingerprint density at radius 2 is 1.23 bits per heavy atom. The summed E-state index contributed by atoms with van der Waals surface area (Å²) in [4.78, 5) is 0. The normalized spacial score (nSPS) is 17.5. The maximum atomic E-state index is 2.45. The van der Waals surface area contributed by atoms with E-state index in [1.165, 1.54) is 12.8 Å². The second-order valence-electron chi connectivity index (χ2n) is 5.32. The average molecular weight is 199 g/mol. The van der Waals surface area contributed by atoms with Crippen molar-refractivity contribution in [2.24, 2.45) is 0 Å². The van der Waals surface area contributed by atoms with Crippen LogP contribution in [0.5, 0.6) is 0 Å². The monoisotopic (exact) mass is 199 g/mol. The van der Waals surface area contributed by atoms with Crippen LogP contribution in [0.3, 0.4) is 0 Å². The quantitative estimate of drug-likeness (QED) is 0.566. The maximum Gasteiger partial charge on any atom is 0.0597 e. The smallest absolute Gasteiger partial charge is 0.0597 e. The topological polar surface area (TPSA) is 0 Å². The van der Waals surface area contributed by atoms with E-state index in [-0.39, 0.29) is 8.80 Å². The van der Waals surface area contributed by atoms with Crippen molar-refractivity contribution in [2.75, 3.05) is 0 Å². The predicted octanol–water partition coefficient (Wildman–Crippen LogP) is 4.88. The van der Waals surface area contributed by atoms with Gasteiger partial charge in [0.25, 0.3) is 0 Å². The third-order valence-electron chi connectivity index (χ3n) is 3.15. The van der Waals surface area contributed by atoms with Crippen molar-refractivity contribution in [3.8, 4) is 0 Å². The van der Waals surface area contributed by atoms with Crippen LogP contribution in [0.4, 0.5) is 0 Å². The lowest BCUT2D eigenvalue weighted by atomic mass is 10.2. The first-order valence-electron chi connectivity index (χ1n) is 5.71. The van der Waals surface area contributed by atoms with E-state index in [9.17, 15) is 0 Å². The Labute approximate surface area is 86.7 Å². The molecule has 2 atom stereocenters. The van der Waals surface area contributed by atoms with Gasteiger partial charge in [0, 0.05) is 0 Å². The summed E-state index contributed by atoms with van der Waals surface area (Å²) in [6.45, 7) is 16.9. The third-order valence-corrected chi connectivity index (χ3v) is 7.82. The van der Waals surface area contributed by atoms with Crippen molar-refractivity contribution in [1.82, 2.24) is 0 Å². The lowest BCUT2D eigenvalue weighted by Gasteiger charge is -2.37. The maximum absolute atomic E-state index is 2.45. The zero-order valence-electron chi connectivity index (χ0n) is 10.6. The molecule has 2 unspecified atom stereocenters. The van der Waals surface area contributed by atoms with E-state index in [4.69, 9.17) is 0 Å². The fourth-order valence-corrected chi connectivity index (χ4v) is 7.21. The van der Waals surface area contributed by atoms with Gasteiger partial charge in [0.05, 0.1) is 8.80 Å². The molecule has 0 rings (SSSR count). The zero-order valence-corrected chi connectivity index (χ0v) is 11.6. The molecule has 0 bridgehead atoms. The minimum Gasteiger partial charge on any atom is -0.0654 e. The lowest BCUT2D eigenvalue weighted by Crippen LogP contribution is -2.33. The SMILES string of the molecule is CCC(C)[Si](C(C)CC)C(C)(C)C. The van der Waals surface area contributed by atoms with Crippen LogP contribution < -0.4 is 0 Å². The van der Waals surface area contributed by atoms with Gasteiger partial charge in [-0.1, -0.05) is 61.3 Å². The van der Waals surface area contributed by atoms with E-state index in [0.717, 1.165) is 11.1 Å². The molecule has 0 heterocycles. The van der Waals surface area contributed by atoms with Gasteiger partial charge in [-0.25, -0.2) is 0 Å². The first-order chi connectivity index (χ1) is 5.84. The zero-order chi connectivity index (χ0) is 10.6. The molecule has 0 aromatic heterocycles. The third kappa shape index (κ3) is 3.84. The first kappa shape index (κ1) is 13.2. The van der Waals surface area contributed by atoms with Crippen LogP contribution in [0.2, 0.25) is 16.1 Å². The van der Waals surface area contributed by atoms with Crippen LogP contribution in [0, 0.1) is 0 Å². The molecule has 0 N–H and O–H groups in total. The molecule has 1 radical (unpaired) electrons. The fraction of sp³-hybridized carbons (Fsp3) is 1.00. The highest BCUT2D eigenvalue weighted by atomic mass is 28.3. The highest BCUT2D eigenvalue weighted by Crippen LogP contribution is 2.42. The molecule has 79 valence electrons. The van der Waals surface area contributed by atoms with Crippen molar-refractivity contribution in [2.45, 2.75) is 77.4 Å². The molecule has 0 amide bonds. The second-order valence-corrected chi connectivity index (χ2v) is 9.71. The van der Waals surface area contributed by atoms with Gasteiger partial charge in [0.15, 0.2) is 0 Å². The number of hydrogen-bond acceptors (Lipinski definition) is 0. The minimum atomic E-state index is -0.217. The second kappa shape index (κ2) is 5.19. The Bertz CT molecular complexity index is 125. The van der Waals surface area contributed by atoms with Gasteiger partial charge in [-0.3, -0.25) is 0 Å². The van der Waals surface area contributed by atoms with E-state index in [1.54, 1.807) is 0 Å². The minimum absolute atomic E-state index is 0.217. The van der Waals surface area contributed by atoms with Gasteiger partial charge in [0.1, 0.15) is 0 Å². The Balaban J connectivity index is 4.55. The summed E-state index contributed by atoms with van der Waals surface area (Å²) in [7, 11) is -0.217. The molecule has 0 aliphatic heterocycles. The predicted molar refractivity (Wildman–Crippen MR) is 64.9 cm³/mol. The average Bonchev–Trinajstić information content (AvgIpc) is 2.01. The lowest BCUT2D eigenvalue weighted by molar-refractivity contribution is 0.654. The Kier molecular flexibility index (Phi) is 5.27. The molecule has 0 saturated carbocycles. The van der Waals surface area contributed by atoms with Crippen LogP contribution in [0.1, 0.15) is 61.3 Å². The van der Waals surface area contributed by atoms with E-state index in [2.05, 4.69) is 48.5 Å². The Morgan fingerprint density at radius 1 is 0.923 bits per heavy atom. The van der Waals surface area contributed by atoms with E-state index in [0.29, 0.717) is 5.04 Å². The van der Waals surface area contributed by atoms with Crippen molar-refractivity contribution < 1.29 is 0 Å². The van der Waals surface area contributed by atoms with Gasteiger partial charge in [-0.05, 0) is 16.1 Å². The molecule has 0 aromatic rings. The van der Waals surface area contributed by atoms with Gasteiger partial charge in [-0.15, -0.1) is 0 Å². The van der Waals surface area contributed by atoms with Gasteiger partial charge >= 0.3 is 0 Å². The van der Waals surface area contributed by atoms with Crippen molar-refractivity contribution in [3.63, 3.8) is 0 Å². The molecule has 0 aromatic carbocycles. The molecular weight excluding hydrogens is 172 g/mol. The summed E-state index contributed by atoms with van der Waals surface area (Å²) in [6.07, 6.45) is 2.71. The van der Waals surface area contributed by atoms with Crippen LogP contribution >= 0.6 is 0 Å². The fourth-order valence-electron chi connectivity index (χ4n) is 2.40. The van der Waals surface area contributed by atoms with Crippen LogP contribution in [-0.4, -0.2) is 8.80 Å². The van der Waals surface area contributed by atoms with Crippen molar-refractivity contribution in [1.29, 1.82) is 0 Å². The molecule has 0 saturated heterocycles. The van der Waals surface area contributed by atoms with Gasteiger partial charge < -0.3 is 0 Å². The molecule has 13 heavy (non-hydrogen) atoms. The first-order valence-corrected chi connectivity index (χ1v) is 7.37. The Hall–Kier alpha value is 0.217. The molecule has 0 aliphatic rings. The highest BCUT2D eigenvalue weighted by molar-refractivity contribution is 6.65.